The number of hydrogen-bond donors (Lipinski definition) is 1. The van der Waals surface area contributed by atoms with Crippen LogP contribution in [-0.4, -0.2) is 0 Å². The van der Waals surface area contributed by atoms with Crippen LogP contribution in [0, 0.1) is 6.07 Å². The van der Waals surface area contributed by atoms with E-state index in [1.165, 1.54) is 6.07 Å². The number of anilines is 1. The van der Waals surface area contributed by atoms with E-state index in [9.17, 15) is 13.2 Å². The molecule has 1 aromatic carbocycles. The summed E-state index contributed by atoms with van der Waals surface area (Å²) < 4.78 is 36.4. The van der Waals surface area contributed by atoms with E-state index in [0.29, 0.717) is 0 Å². The molecular formula is C7H4ClF3N. The smallest absolute Gasteiger partial charge is 0.398 e. The minimum absolute atomic E-state index is 0.383. The van der Waals surface area contributed by atoms with Crippen molar-refractivity contribution in [1.29, 1.82) is 0 Å². The number of hydrogen-bond acceptors (Lipinski definition) is 1. The maximum absolute atomic E-state index is 12.1. The van der Waals surface area contributed by atoms with Gasteiger partial charge in [0.05, 0.1) is 10.6 Å². The van der Waals surface area contributed by atoms with Gasteiger partial charge in [0.15, 0.2) is 0 Å². The van der Waals surface area contributed by atoms with Crippen molar-refractivity contribution in [3.63, 3.8) is 0 Å². The number of halogens is 4. The summed E-state index contributed by atoms with van der Waals surface area (Å²) in [5, 5.41) is -0.498. The van der Waals surface area contributed by atoms with Crippen molar-refractivity contribution >= 4 is 17.3 Å². The van der Waals surface area contributed by atoms with Crippen molar-refractivity contribution in [2.75, 3.05) is 5.73 Å². The van der Waals surface area contributed by atoms with Gasteiger partial charge in [-0.25, -0.2) is 0 Å². The van der Waals surface area contributed by atoms with Gasteiger partial charge in [-0.3, -0.25) is 0 Å². The fourth-order valence-corrected chi connectivity index (χ4v) is 1.05. The molecule has 0 amide bonds. The molecule has 1 aromatic rings. The lowest BCUT2D eigenvalue weighted by Crippen LogP contribution is -2.09. The van der Waals surface area contributed by atoms with Crippen LogP contribution >= 0.6 is 11.6 Å². The first-order chi connectivity index (χ1) is 5.43. The zero-order valence-electron chi connectivity index (χ0n) is 5.74. The second-order valence-corrected chi connectivity index (χ2v) is 2.50. The van der Waals surface area contributed by atoms with Gasteiger partial charge in [-0.2, -0.15) is 13.2 Å². The Bertz CT molecular complexity index is 275. The first kappa shape index (κ1) is 9.19. The van der Waals surface area contributed by atoms with E-state index in [1.807, 2.05) is 0 Å². The summed E-state index contributed by atoms with van der Waals surface area (Å²) in [6.45, 7) is 0. The van der Waals surface area contributed by atoms with Crippen LogP contribution in [0.2, 0.25) is 5.02 Å². The number of nitrogen functional groups attached to an aromatic ring is 1. The van der Waals surface area contributed by atoms with Gasteiger partial charge in [0.2, 0.25) is 0 Å². The summed E-state index contributed by atoms with van der Waals surface area (Å²) in [4.78, 5) is 0. The van der Waals surface area contributed by atoms with Crippen molar-refractivity contribution in [1.82, 2.24) is 0 Å². The van der Waals surface area contributed by atoms with Crippen LogP contribution < -0.4 is 5.73 Å². The number of nitrogens with two attached hydrogens (primary N) is 1. The molecule has 0 aliphatic rings. The third kappa shape index (κ3) is 1.64. The van der Waals surface area contributed by atoms with Gasteiger partial charge in [0.25, 0.3) is 0 Å². The summed E-state index contributed by atoms with van der Waals surface area (Å²) in [6, 6.07) is 4.56. The number of benzene rings is 1. The fourth-order valence-electron chi connectivity index (χ4n) is 0.775. The molecule has 0 aromatic heterocycles. The van der Waals surface area contributed by atoms with Crippen LogP contribution in [0.3, 0.4) is 0 Å². The molecule has 0 atom stereocenters. The van der Waals surface area contributed by atoms with Gasteiger partial charge in [-0.15, -0.1) is 0 Å². The van der Waals surface area contributed by atoms with Crippen molar-refractivity contribution in [2.24, 2.45) is 0 Å². The highest BCUT2D eigenvalue weighted by molar-refractivity contribution is 6.31. The van der Waals surface area contributed by atoms with Crippen molar-refractivity contribution in [3.05, 3.63) is 28.8 Å². The minimum atomic E-state index is -4.51. The van der Waals surface area contributed by atoms with E-state index in [4.69, 9.17) is 17.3 Å². The van der Waals surface area contributed by atoms with Gasteiger partial charge >= 0.3 is 6.18 Å². The topological polar surface area (TPSA) is 26.0 Å². The van der Waals surface area contributed by atoms with E-state index < -0.39 is 16.8 Å². The molecule has 0 saturated heterocycles. The van der Waals surface area contributed by atoms with Crippen LogP contribution in [0.15, 0.2) is 12.1 Å². The van der Waals surface area contributed by atoms with Gasteiger partial charge in [-0.1, -0.05) is 17.7 Å². The molecule has 0 spiro atoms. The number of rotatable bonds is 0. The first-order valence-corrected chi connectivity index (χ1v) is 3.33. The zero-order valence-corrected chi connectivity index (χ0v) is 6.50. The van der Waals surface area contributed by atoms with E-state index in [1.54, 1.807) is 0 Å². The highest BCUT2D eigenvalue weighted by Crippen LogP contribution is 2.37. The second-order valence-electron chi connectivity index (χ2n) is 2.12. The Hall–Kier alpha value is -0.900. The molecule has 5 heteroatoms. The molecule has 12 heavy (non-hydrogen) atoms. The molecule has 2 N–H and O–H groups in total. The maximum atomic E-state index is 12.1. The summed E-state index contributed by atoms with van der Waals surface area (Å²) in [7, 11) is 0. The molecule has 1 rings (SSSR count). The molecule has 65 valence electrons. The van der Waals surface area contributed by atoms with Crippen LogP contribution in [-0.2, 0) is 6.18 Å². The third-order valence-electron chi connectivity index (χ3n) is 1.26. The largest absolute Gasteiger partial charge is 0.419 e. The normalized spacial score (nSPS) is 11.7. The monoisotopic (exact) mass is 194 g/mol. The highest BCUT2D eigenvalue weighted by atomic mass is 35.5. The summed E-state index contributed by atoms with van der Waals surface area (Å²) in [5.74, 6) is 0. The minimum Gasteiger partial charge on any atom is -0.398 e. The molecule has 0 aliphatic heterocycles. The van der Waals surface area contributed by atoms with E-state index in [-0.39, 0.29) is 5.69 Å². The standard InChI is InChI=1S/C7H4ClF3N/c8-4-2-1-3-5(12)6(4)7(9,10)11/h1,3H,12H2. The van der Waals surface area contributed by atoms with Crippen molar-refractivity contribution in [2.45, 2.75) is 6.18 Å². The molecule has 1 radical (unpaired) electrons. The fraction of sp³-hybridized carbons (Fsp3) is 0.143. The lowest BCUT2D eigenvalue weighted by Gasteiger charge is -2.10. The average molecular weight is 195 g/mol. The molecule has 0 saturated carbocycles. The molecule has 0 aliphatic carbocycles. The Kier molecular flexibility index (Phi) is 2.19. The molecule has 0 fully saturated rings. The van der Waals surface area contributed by atoms with E-state index in [2.05, 4.69) is 6.07 Å². The second kappa shape index (κ2) is 2.86. The van der Waals surface area contributed by atoms with Crippen LogP contribution in [0.1, 0.15) is 5.56 Å². The lowest BCUT2D eigenvalue weighted by molar-refractivity contribution is -0.136. The van der Waals surface area contributed by atoms with Crippen LogP contribution in [0.5, 0.6) is 0 Å². The highest BCUT2D eigenvalue weighted by Gasteiger charge is 2.35. The molecule has 0 unspecified atom stereocenters. The van der Waals surface area contributed by atoms with Gasteiger partial charge in [0.1, 0.15) is 0 Å². The zero-order chi connectivity index (χ0) is 9.35. The maximum Gasteiger partial charge on any atom is 0.419 e. The summed E-state index contributed by atoms with van der Waals surface area (Å²) in [6.07, 6.45) is -4.51. The van der Waals surface area contributed by atoms with E-state index >= 15 is 0 Å². The first-order valence-electron chi connectivity index (χ1n) is 2.96. The van der Waals surface area contributed by atoms with Crippen molar-refractivity contribution in [3.8, 4) is 0 Å². The Morgan fingerprint density at radius 1 is 1.42 bits per heavy atom. The van der Waals surface area contributed by atoms with Gasteiger partial charge < -0.3 is 5.73 Å². The molecular weight excluding hydrogens is 191 g/mol. The average Bonchev–Trinajstić information content (AvgIpc) is 1.82. The predicted octanol–water partition coefficient (Wildman–Crippen LogP) is 2.74. The SMILES string of the molecule is Nc1cc[c]c(Cl)c1C(F)(F)F. The molecule has 1 nitrogen and oxygen atoms in total. The Labute approximate surface area is 71.9 Å². The lowest BCUT2D eigenvalue weighted by atomic mass is 10.2. The quantitative estimate of drug-likeness (QED) is 0.632. The number of alkyl halides is 3. The van der Waals surface area contributed by atoms with Gasteiger partial charge in [-0.05, 0) is 6.07 Å². The summed E-state index contributed by atoms with van der Waals surface area (Å²) >= 11 is 5.26. The van der Waals surface area contributed by atoms with Crippen LogP contribution in [0.25, 0.3) is 0 Å². The van der Waals surface area contributed by atoms with E-state index in [0.717, 1.165) is 6.07 Å². The van der Waals surface area contributed by atoms with Crippen LogP contribution in [0.4, 0.5) is 18.9 Å². The Morgan fingerprint density at radius 3 is 2.33 bits per heavy atom. The Morgan fingerprint density at radius 2 is 2.00 bits per heavy atom. The third-order valence-corrected chi connectivity index (χ3v) is 1.56. The molecule has 0 heterocycles. The summed E-state index contributed by atoms with van der Waals surface area (Å²) in [5.41, 5.74) is 3.68. The Balaban J connectivity index is 3.31. The predicted molar refractivity (Wildman–Crippen MR) is 39.7 cm³/mol. The van der Waals surface area contributed by atoms with Crippen molar-refractivity contribution < 1.29 is 13.2 Å². The van der Waals surface area contributed by atoms with Gasteiger partial charge in [0, 0.05) is 11.8 Å². The molecule has 0 bridgehead atoms.